The van der Waals surface area contributed by atoms with Crippen molar-refractivity contribution in [3.63, 3.8) is 0 Å². The maximum Gasteiger partial charge on any atom is 0.251 e. The fourth-order valence-corrected chi connectivity index (χ4v) is 3.18. The fourth-order valence-electron chi connectivity index (χ4n) is 2.75. The molecule has 1 heterocycles. The van der Waals surface area contributed by atoms with Gasteiger partial charge in [-0.25, -0.2) is 0 Å². The summed E-state index contributed by atoms with van der Waals surface area (Å²) in [7, 11) is 0. The molecule has 128 valence electrons. The molecule has 1 N–H and O–H groups in total. The first-order valence-electron chi connectivity index (χ1n) is 8.30. The largest absolute Gasteiger partial charge is 0.352 e. The minimum Gasteiger partial charge on any atom is -0.352 e. The highest BCUT2D eigenvalue weighted by molar-refractivity contribution is 7.98. The standard InChI is InChI=1S/C20H21N3OS/c1-14-17-6-3-4-7-18(17)19(23-22-14)15-8-10-16(11-9-15)20(24)21-12-5-13-25-2/h3-4,6-11H,5,12-13H2,1-2H3,(H,21,24). The van der Waals surface area contributed by atoms with Gasteiger partial charge in [0.1, 0.15) is 5.69 Å². The summed E-state index contributed by atoms with van der Waals surface area (Å²) >= 11 is 1.79. The molecule has 0 aliphatic heterocycles. The number of nitrogens with zero attached hydrogens (tertiary/aromatic N) is 2. The van der Waals surface area contributed by atoms with Crippen LogP contribution in [0.25, 0.3) is 22.0 Å². The summed E-state index contributed by atoms with van der Waals surface area (Å²) < 4.78 is 0. The molecule has 0 saturated heterocycles. The number of nitrogens with one attached hydrogen (secondary N) is 1. The maximum atomic E-state index is 12.2. The third-order valence-electron chi connectivity index (χ3n) is 4.10. The summed E-state index contributed by atoms with van der Waals surface area (Å²) in [6.07, 6.45) is 3.05. The van der Waals surface area contributed by atoms with E-state index in [-0.39, 0.29) is 5.91 Å². The van der Waals surface area contributed by atoms with Gasteiger partial charge in [0.2, 0.25) is 0 Å². The Hall–Kier alpha value is -2.40. The van der Waals surface area contributed by atoms with E-state index in [1.165, 1.54) is 0 Å². The number of hydrogen-bond donors (Lipinski definition) is 1. The highest BCUT2D eigenvalue weighted by Gasteiger charge is 2.10. The summed E-state index contributed by atoms with van der Waals surface area (Å²) in [5.41, 5.74) is 3.38. The molecule has 0 spiro atoms. The number of fused-ring (bicyclic) bond motifs is 1. The first-order valence-corrected chi connectivity index (χ1v) is 9.69. The van der Waals surface area contributed by atoms with Crippen molar-refractivity contribution in [3.05, 3.63) is 59.8 Å². The summed E-state index contributed by atoms with van der Waals surface area (Å²) in [4.78, 5) is 12.2. The van der Waals surface area contributed by atoms with Crippen LogP contribution in [0.4, 0.5) is 0 Å². The predicted molar refractivity (Wildman–Crippen MR) is 105 cm³/mol. The Bertz CT molecular complexity index is 878. The normalized spacial score (nSPS) is 10.8. The van der Waals surface area contributed by atoms with Crippen molar-refractivity contribution in [1.29, 1.82) is 0 Å². The number of aryl methyl sites for hydroxylation is 1. The van der Waals surface area contributed by atoms with Crippen molar-refractivity contribution in [1.82, 2.24) is 15.5 Å². The zero-order chi connectivity index (χ0) is 17.6. The van der Waals surface area contributed by atoms with Gasteiger partial charge in [0, 0.05) is 28.4 Å². The van der Waals surface area contributed by atoms with Gasteiger partial charge < -0.3 is 5.32 Å². The van der Waals surface area contributed by atoms with Crippen LogP contribution in [0, 0.1) is 6.92 Å². The van der Waals surface area contributed by atoms with E-state index in [0.29, 0.717) is 12.1 Å². The lowest BCUT2D eigenvalue weighted by Crippen LogP contribution is -2.24. The lowest BCUT2D eigenvalue weighted by molar-refractivity contribution is 0.0954. The van der Waals surface area contributed by atoms with E-state index >= 15 is 0 Å². The van der Waals surface area contributed by atoms with Crippen LogP contribution in [0.5, 0.6) is 0 Å². The molecule has 0 atom stereocenters. The first-order chi connectivity index (χ1) is 12.2. The highest BCUT2D eigenvalue weighted by atomic mass is 32.2. The molecule has 3 aromatic rings. The Morgan fingerprint density at radius 3 is 2.48 bits per heavy atom. The van der Waals surface area contributed by atoms with Crippen LogP contribution in [0.2, 0.25) is 0 Å². The lowest BCUT2D eigenvalue weighted by Gasteiger charge is -2.08. The average Bonchev–Trinajstić information content (AvgIpc) is 2.66. The van der Waals surface area contributed by atoms with Crippen LogP contribution < -0.4 is 5.32 Å². The predicted octanol–water partition coefficient (Wildman–Crippen LogP) is 4.09. The number of hydrogen-bond acceptors (Lipinski definition) is 4. The van der Waals surface area contributed by atoms with Gasteiger partial charge in [-0.05, 0) is 37.5 Å². The molecule has 0 fully saturated rings. The minimum absolute atomic E-state index is 0.0347. The third-order valence-corrected chi connectivity index (χ3v) is 4.80. The van der Waals surface area contributed by atoms with E-state index in [0.717, 1.165) is 39.9 Å². The Kier molecular flexibility index (Phi) is 5.66. The van der Waals surface area contributed by atoms with Crippen molar-refractivity contribution in [2.45, 2.75) is 13.3 Å². The summed E-state index contributed by atoms with van der Waals surface area (Å²) in [6.45, 7) is 2.67. The highest BCUT2D eigenvalue weighted by Crippen LogP contribution is 2.27. The molecule has 25 heavy (non-hydrogen) atoms. The molecular formula is C20H21N3OS. The molecule has 3 rings (SSSR count). The average molecular weight is 351 g/mol. The van der Waals surface area contributed by atoms with Gasteiger partial charge in [-0.3, -0.25) is 4.79 Å². The van der Waals surface area contributed by atoms with Gasteiger partial charge >= 0.3 is 0 Å². The number of thioether (sulfide) groups is 1. The number of aromatic nitrogens is 2. The minimum atomic E-state index is -0.0347. The second-order valence-electron chi connectivity index (χ2n) is 5.86. The quantitative estimate of drug-likeness (QED) is 0.680. The maximum absolute atomic E-state index is 12.2. The van der Waals surface area contributed by atoms with Crippen molar-refractivity contribution in [3.8, 4) is 11.3 Å². The molecule has 0 saturated carbocycles. The Morgan fingerprint density at radius 2 is 1.76 bits per heavy atom. The van der Waals surface area contributed by atoms with E-state index in [1.54, 1.807) is 11.8 Å². The second-order valence-corrected chi connectivity index (χ2v) is 6.84. The molecule has 2 aromatic carbocycles. The molecule has 0 unspecified atom stereocenters. The number of amides is 1. The van der Waals surface area contributed by atoms with Crippen LogP contribution in [-0.2, 0) is 0 Å². The van der Waals surface area contributed by atoms with E-state index in [1.807, 2.05) is 43.3 Å². The number of carbonyl (C=O) groups excluding carboxylic acids is 1. The lowest BCUT2D eigenvalue weighted by atomic mass is 10.0. The van der Waals surface area contributed by atoms with Gasteiger partial charge in [0.25, 0.3) is 5.91 Å². The molecule has 0 aliphatic carbocycles. The van der Waals surface area contributed by atoms with Crippen LogP contribution >= 0.6 is 11.8 Å². The zero-order valence-electron chi connectivity index (χ0n) is 14.5. The molecule has 0 aliphatic rings. The zero-order valence-corrected chi connectivity index (χ0v) is 15.3. The van der Waals surface area contributed by atoms with Crippen molar-refractivity contribution < 1.29 is 4.79 Å². The van der Waals surface area contributed by atoms with E-state index < -0.39 is 0 Å². The molecule has 4 nitrogen and oxygen atoms in total. The molecule has 5 heteroatoms. The smallest absolute Gasteiger partial charge is 0.251 e. The van der Waals surface area contributed by atoms with Gasteiger partial charge in [-0.1, -0.05) is 36.4 Å². The number of benzene rings is 2. The molecular weight excluding hydrogens is 330 g/mol. The number of carbonyl (C=O) groups is 1. The third kappa shape index (κ3) is 3.99. The van der Waals surface area contributed by atoms with Crippen LogP contribution in [0.3, 0.4) is 0 Å². The Balaban J connectivity index is 1.81. The van der Waals surface area contributed by atoms with E-state index in [4.69, 9.17) is 0 Å². The molecule has 1 amide bonds. The monoisotopic (exact) mass is 351 g/mol. The van der Waals surface area contributed by atoms with Crippen LogP contribution in [-0.4, -0.2) is 34.7 Å². The van der Waals surface area contributed by atoms with Gasteiger partial charge in [-0.15, -0.1) is 5.10 Å². The van der Waals surface area contributed by atoms with Gasteiger partial charge in [0.05, 0.1) is 5.69 Å². The van der Waals surface area contributed by atoms with E-state index in [9.17, 15) is 4.79 Å². The van der Waals surface area contributed by atoms with Crippen LogP contribution in [0.15, 0.2) is 48.5 Å². The molecule has 0 radical (unpaired) electrons. The summed E-state index contributed by atoms with van der Waals surface area (Å²) in [6, 6.07) is 15.7. The van der Waals surface area contributed by atoms with Gasteiger partial charge in [0.15, 0.2) is 0 Å². The van der Waals surface area contributed by atoms with Crippen molar-refractivity contribution in [2.24, 2.45) is 0 Å². The second kappa shape index (κ2) is 8.12. The van der Waals surface area contributed by atoms with Crippen molar-refractivity contribution in [2.75, 3.05) is 18.6 Å². The van der Waals surface area contributed by atoms with E-state index in [2.05, 4.69) is 33.9 Å². The molecule has 0 bridgehead atoms. The number of rotatable bonds is 6. The van der Waals surface area contributed by atoms with Crippen molar-refractivity contribution >= 4 is 28.4 Å². The van der Waals surface area contributed by atoms with Crippen LogP contribution in [0.1, 0.15) is 22.5 Å². The Morgan fingerprint density at radius 1 is 1.04 bits per heavy atom. The fraction of sp³-hybridized carbons (Fsp3) is 0.250. The Labute approximate surface area is 152 Å². The SMILES string of the molecule is CSCCCNC(=O)c1ccc(-c2nnc(C)c3ccccc23)cc1. The molecule has 1 aromatic heterocycles. The topological polar surface area (TPSA) is 54.9 Å². The first kappa shape index (κ1) is 17.4. The summed E-state index contributed by atoms with van der Waals surface area (Å²) in [5, 5.41) is 13.8. The summed E-state index contributed by atoms with van der Waals surface area (Å²) in [5.74, 6) is 1.02. The van der Waals surface area contributed by atoms with Gasteiger partial charge in [-0.2, -0.15) is 16.9 Å².